The Morgan fingerprint density at radius 1 is 1.41 bits per heavy atom. The van der Waals surface area contributed by atoms with Crippen molar-refractivity contribution in [3.63, 3.8) is 0 Å². The van der Waals surface area contributed by atoms with E-state index in [1.165, 1.54) is 24.4 Å². The van der Waals surface area contributed by atoms with Crippen LogP contribution in [0.3, 0.4) is 0 Å². The fourth-order valence-corrected chi connectivity index (χ4v) is 2.38. The van der Waals surface area contributed by atoms with Gasteiger partial charge in [-0.15, -0.1) is 0 Å². The topological polar surface area (TPSA) is 79.3 Å². The molecule has 3 aromatic rings. The van der Waals surface area contributed by atoms with E-state index in [1.54, 1.807) is 13.0 Å². The Balaban J connectivity index is 2.01. The molecule has 2 N–H and O–H groups in total. The van der Waals surface area contributed by atoms with Crippen LogP contribution in [0.5, 0.6) is 0 Å². The molecule has 0 fully saturated rings. The number of anilines is 1. The van der Waals surface area contributed by atoms with Crippen molar-refractivity contribution in [3.05, 3.63) is 62.4 Å². The smallest absolute Gasteiger partial charge is 0.272 e. The van der Waals surface area contributed by atoms with Crippen LogP contribution in [0.2, 0.25) is 0 Å². The van der Waals surface area contributed by atoms with E-state index in [1.807, 2.05) is 0 Å². The van der Waals surface area contributed by atoms with Gasteiger partial charge in [-0.1, -0.05) is 15.9 Å². The zero-order valence-corrected chi connectivity index (χ0v) is 12.9. The number of aromatic nitrogens is 3. The fourth-order valence-electron chi connectivity index (χ4n) is 2.04. The van der Waals surface area contributed by atoms with Crippen LogP contribution in [0.4, 0.5) is 10.1 Å². The van der Waals surface area contributed by atoms with Gasteiger partial charge in [-0.05, 0) is 25.1 Å². The summed E-state index contributed by atoms with van der Waals surface area (Å²) < 4.78 is 15.5. The van der Waals surface area contributed by atoms with Gasteiger partial charge in [0.25, 0.3) is 11.5 Å². The second kappa shape index (κ2) is 5.38. The number of fused-ring (bicyclic) bond motifs is 1. The van der Waals surface area contributed by atoms with Crippen LogP contribution in [0, 0.1) is 12.7 Å². The van der Waals surface area contributed by atoms with Gasteiger partial charge in [-0.25, -0.2) is 13.9 Å². The van der Waals surface area contributed by atoms with Crippen molar-refractivity contribution in [1.29, 1.82) is 0 Å². The van der Waals surface area contributed by atoms with E-state index in [0.29, 0.717) is 10.2 Å². The van der Waals surface area contributed by atoms with E-state index in [4.69, 9.17) is 0 Å². The number of nitrogens with zero attached hydrogens (tertiary/aromatic N) is 2. The van der Waals surface area contributed by atoms with Crippen LogP contribution < -0.4 is 10.9 Å². The average Bonchev–Trinajstić information content (AvgIpc) is 2.86. The molecule has 0 saturated heterocycles. The van der Waals surface area contributed by atoms with E-state index in [-0.39, 0.29) is 22.5 Å². The predicted molar refractivity (Wildman–Crippen MR) is 82.6 cm³/mol. The molecule has 2 heterocycles. The van der Waals surface area contributed by atoms with Gasteiger partial charge in [-0.2, -0.15) is 0 Å². The van der Waals surface area contributed by atoms with Crippen molar-refractivity contribution in [3.8, 4) is 0 Å². The summed E-state index contributed by atoms with van der Waals surface area (Å²) in [5, 5.41) is 5.11. The minimum atomic E-state index is -0.566. The number of carbonyl (C=O) groups is 1. The molecule has 0 unspecified atom stereocenters. The third-order valence-corrected chi connectivity index (χ3v) is 3.54. The number of halogens is 2. The fraction of sp³-hybridized carbons (Fsp3) is 0.0714. The van der Waals surface area contributed by atoms with Crippen molar-refractivity contribution in [2.45, 2.75) is 6.92 Å². The first-order valence-electron chi connectivity index (χ1n) is 6.30. The molecule has 1 amide bonds. The Labute approximate surface area is 132 Å². The highest BCUT2D eigenvalue weighted by Crippen LogP contribution is 2.20. The summed E-state index contributed by atoms with van der Waals surface area (Å²) >= 11 is 3.14. The maximum Gasteiger partial charge on any atom is 0.272 e. The molecular formula is C14H10BrFN4O2. The lowest BCUT2D eigenvalue weighted by Crippen LogP contribution is -2.17. The highest BCUT2D eigenvalue weighted by molar-refractivity contribution is 9.10. The molecule has 1 aromatic carbocycles. The SMILES string of the molecule is Cc1cc(=O)n2[nH]cc(C(=O)Nc3ccc(Br)cc3F)c2n1. The summed E-state index contributed by atoms with van der Waals surface area (Å²) in [4.78, 5) is 28.2. The highest BCUT2D eigenvalue weighted by Gasteiger charge is 2.16. The van der Waals surface area contributed by atoms with Crippen molar-refractivity contribution >= 4 is 33.2 Å². The van der Waals surface area contributed by atoms with Crippen molar-refractivity contribution in [1.82, 2.24) is 14.6 Å². The molecule has 0 radical (unpaired) electrons. The quantitative estimate of drug-likeness (QED) is 0.732. The molecule has 0 spiro atoms. The molecule has 0 saturated carbocycles. The zero-order valence-electron chi connectivity index (χ0n) is 11.4. The summed E-state index contributed by atoms with van der Waals surface area (Å²) in [6.07, 6.45) is 1.36. The molecule has 112 valence electrons. The number of benzene rings is 1. The van der Waals surface area contributed by atoms with Crippen molar-refractivity contribution < 1.29 is 9.18 Å². The van der Waals surface area contributed by atoms with Gasteiger partial charge >= 0.3 is 0 Å². The number of hydrogen-bond donors (Lipinski definition) is 2. The summed E-state index contributed by atoms with van der Waals surface area (Å²) in [5.74, 6) is -1.12. The van der Waals surface area contributed by atoms with Gasteiger partial charge in [0.1, 0.15) is 11.4 Å². The molecule has 0 bridgehead atoms. The summed E-state index contributed by atoms with van der Waals surface area (Å²) in [7, 11) is 0. The van der Waals surface area contributed by atoms with Crippen molar-refractivity contribution in [2.24, 2.45) is 0 Å². The Kier molecular flexibility index (Phi) is 3.53. The van der Waals surface area contributed by atoms with Gasteiger partial charge in [0.2, 0.25) is 0 Å². The van der Waals surface area contributed by atoms with Crippen LogP contribution in [0.1, 0.15) is 16.1 Å². The summed E-state index contributed by atoms with van der Waals surface area (Å²) in [5.41, 5.74) is 0.565. The lowest BCUT2D eigenvalue weighted by atomic mass is 10.2. The van der Waals surface area contributed by atoms with Gasteiger partial charge in [0.05, 0.1) is 5.69 Å². The number of carbonyl (C=O) groups excluding carboxylic acids is 1. The van der Waals surface area contributed by atoms with Crippen LogP contribution >= 0.6 is 15.9 Å². The van der Waals surface area contributed by atoms with E-state index < -0.39 is 11.7 Å². The van der Waals surface area contributed by atoms with E-state index in [9.17, 15) is 14.0 Å². The highest BCUT2D eigenvalue weighted by atomic mass is 79.9. The Morgan fingerprint density at radius 2 is 2.18 bits per heavy atom. The van der Waals surface area contributed by atoms with E-state index in [2.05, 4.69) is 31.3 Å². The van der Waals surface area contributed by atoms with Crippen LogP contribution in [0.15, 0.2) is 39.7 Å². The van der Waals surface area contributed by atoms with Crippen LogP contribution in [-0.2, 0) is 0 Å². The Morgan fingerprint density at radius 3 is 2.91 bits per heavy atom. The zero-order chi connectivity index (χ0) is 15.9. The Bertz CT molecular complexity index is 948. The number of aromatic amines is 1. The normalized spacial score (nSPS) is 10.9. The second-order valence-electron chi connectivity index (χ2n) is 4.66. The number of rotatable bonds is 2. The molecule has 2 aromatic heterocycles. The first-order valence-corrected chi connectivity index (χ1v) is 7.09. The maximum atomic E-state index is 13.8. The van der Waals surface area contributed by atoms with Gasteiger partial charge in [0, 0.05) is 22.4 Å². The lowest BCUT2D eigenvalue weighted by Gasteiger charge is -2.05. The minimum Gasteiger partial charge on any atom is -0.319 e. The largest absolute Gasteiger partial charge is 0.319 e. The second-order valence-corrected chi connectivity index (χ2v) is 5.58. The first-order chi connectivity index (χ1) is 10.5. The molecule has 0 aliphatic heterocycles. The van der Waals surface area contributed by atoms with Gasteiger partial charge in [-0.3, -0.25) is 14.7 Å². The van der Waals surface area contributed by atoms with E-state index >= 15 is 0 Å². The number of amides is 1. The monoisotopic (exact) mass is 364 g/mol. The summed E-state index contributed by atoms with van der Waals surface area (Å²) in [6, 6.07) is 5.65. The van der Waals surface area contributed by atoms with Crippen LogP contribution in [0.25, 0.3) is 5.65 Å². The third kappa shape index (κ3) is 2.52. The molecule has 6 nitrogen and oxygen atoms in total. The van der Waals surface area contributed by atoms with Gasteiger partial charge in [0.15, 0.2) is 5.65 Å². The average molecular weight is 365 g/mol. The minimum absolute atomic E-state index is 0.0440. The number of nitrogens with one attached hydrogen (secondary N) is 2. The molecule has 0 aliphatic rings. The first kappa shape index (κ1) is 14.5. The lowest BCUT2D eigenvalue weighted by molar-refractivity contribution is 0.102. The van der Waals surface area contributed by atoms with Crippen LogP contribution in [-0.4, -0.2) is 20.5 Å². The number of H-pyrrole nitrogens is 1. The summed E-state index contributed by atoms with van der Waals surface area (Å²) in [6.45, 7) is 1.66. The predicted octanol–water partition coefficient (Wildman–Crippen LogP) is 2.48. The number of hydrogen-bond acceptors (Lipinski definition) is 3. The molecule has 3 rings (SSSR count). The molecular weight excluding hydrogens is 355 g/mol. The Hall–Kier alpha value is -2.48. The molecule has 0 atom stereocenters. The molecule has 22 heavy (non-hydrogen) atoms. The van der Waals surface area contributed by atoms with Gasteiger partial charge < -0.3 is 5.32 Å². The van der Waals surface area contributed by atoms with Crippen molar-refractivity contribution in [2.75, 3.05) is 5.32 Å². The van der Waals surface area contributed by atoms with E-state index in [0.717, 1.165) is 4.52 Å². The maximum absolute atomic E-state index is 13.8. The number of aryl methyl sites for hydroxylation is 1. The third-order valence-electron chi connectivity index (χ3n) is 3.05. The molecule has 0 aliphatic carbocycles. The molecule has 8 heteroatoms. The standard InChI is InChI=1S/C14H10BrFN4O2/c1-7-4-12(21)20-13(18-7)9(6-17-20)14(22)19-11-3-2-8(15)5-10(11)16/h2-6,17H,1H3,(H,19,22).